The lowest BCUT2D eigenvalue weighted by atomic mass is 10.1. The van der Waals surface area contributed by atoms with E-state index in [0.29, 0.717) is 6.42 Å². The molecule has 0 bridgehead atoms. The van der Waals surface area contributed by atoms with Crippen molar-refractivity contribution in [3.63, 3.8) is 0 Å². The summed E-state index contributed by atoms with van der Waals surface area (Å²) in [5, 5.41) is 0. The Labute approximate surface area is 91.3 Å². The molecule has 2 nitrogen and oxygen atoms in total. The Morgan fingerprint density at radius 2 is 1.87 bits per heavy atom. The minimum atomic E-state index is 0.118. The number of ether oxygens (including phenoxy) is 1. The summed E-state index contributed by atoms with van der Waals surface area (Å²) in [7, 11) is 0. The fourth-order valence-corrected chi connectivity index (χ4v) is 1.24. The van der Waals surface area contributed by atoms with Crippen molar-refractivity contribution in [2.75, 3.05) is 6.61 Å². The Hall–Kier alpha value is -1.15. The van der Waals surface area contributed by atoms with E-state index in [0.717, 1.165) is 5.56 Å². The van der Waals surface area contributed by atoms with E-state index in [1.54, 1.807) is 0 Å². The number of ketones is 1. The Morgan fingerprint density at radius 3 is 2.40 bits per heavy atom. The Kier molecular flexibility index (Phi) is 4.50. The fourth-order valence-electron chi connectivity index (χ4n) is 1.24. The van der Waals surface area contributed by atoms with Crippen LogP contribution in [0, 0.1) is 6.92 Å². The number of Topliss-reactive ketones (excluding diaryl/α,β-unsaturated/α-hetero) is 1. The summed E-state index contributed by atoms with van der Waals surface area (Å²) in [6, 6.07) is 8.02. The molecule has 0 unspecified atom stereocenters. The molecule has 1 aromatic rings. The van der Waals surface area contributed by atoms with Crippen molar-refractivity contribution in [2.45, 2.75) is 33.3 Å². The molecule has 15 heavy (non-hydrogen) atoms. The summed E-state index contributed by atoms with van der Waals surface area (Å²) >= 11 is 0. The number of aryl methyl sites for hydroxylation is 1. The van der Waals surface area contributed by atoms with E-state index in [2.05, 4.69) is 0 Å². The van der Waals surface area contributed by atoms with Gasteiger partial charge in [-0.2, -0.15) is 0 Å². The molecule has 0 aliphatic rings. The second kappa shape index (κ2) is 5.66. The highest BCUT2D eigenvalue weighted by Gasteiger charge is 2.04. The van der Waals surface area contributed by atoms with Gasteiger partial charge in [-0.05, 0) is 26.3 Å². The van der Waals surface area contributed by atoms with E-state index in [4.69, 9.17) is 4.74 Å². The van der Waals surface area contributed by atoms with E-state index < -0.39 is 0 Å². The number of hydrogen-bond acceptors (Lipinski definition) is 2. The summed E-state index contributed by atoms with van der Waals surface area (Å²) in [6.07, 6.45) is 0.583. The number of rotatable bonds is 5. The van der Waals surface area contributed by atoms with Crippen molar-refractivity contribution in [2.24, 2.45) is 0 Å². The van der Waals surface area contributed by atoms with Gasteiger partial charge >= 0.3 is 0 Å². The van der Waals surface area contributed by atoms with Gasteiger partial charge in [0.15, 0.2) is 5.78 Å². The average molecular weight is 206 g/mol. The Bertz CT molecular complexity index is 312. The summed E-state index contributed by atoms with van der Waals surface area (Å²) in [5.41, 5.74) is 2.27. The minimum absolute atomic E-state index is 0.118. The van der Waals surface area contributed by atoms with Crippen molar-refractivity contribution in [1.82, 2.24) is 0 Å². The molecule has 0 radical (unpaired) electrons. The van der Waals surface area contributed by atoms with Crippen LogP contribution in [0.25, 0.3) is 0 Å². The van der Waals surface area contributed by atoms with Crippen LogP contribution in [-0.2, 0) is 16.0 Å². The van der Waals surface area contributed by atoms with E-state index in [-0.39, 0.29) is 18.5 Å². The molecule has 0 saturated carbocycles. The first kappa shape index (κ1) is 11.9. The monoisotopic (exact) mass is 206 g/mol. The van der Waals surface area contributed by atoms with Crippen LogP contribution in [0.15, 0.2) is 24.3 Å². The smallest absolute Gasteiger partial charge is 0.162 e. The summed E-state index contributed by atoms with van der Waals surface area (Å²) in [4.78, 5) is 11.5. The molecule has 2 heteroatoms. The zero-order chi connectivity index (χ0) is 11.3. The van der Waals surface area contributed by atoms with Gasteiger partial charge in [0.05, 0.1) is 6.10 Å². The molecular formula is C13H18O2. The van der Waals surface area contributed by atoms with Gasteiger partial charge < -0.3 is 4.74 Å². The minimum Gasteiger partial charge on any atom is -0.371 e. The molecule has 0 heterocycles. The second-order valence-electron chi connectivity index (χ2n) is 4.06. The van der Waals surface area contributed by atoms with Crippen LogP contribution in [0.2, 0.25) is 0 Å². The highest BCUT2D eigenvalue weighted by atomic mass is 16.5. The Morgan fingerprint density at radius 1 is 1.27 bits per heavy atom. The van der Waals surface area contributed by atoms with Gasteiger partial charge in [0.25, 0.3) is 0 Å². The van der Waals surface area contributed by atoms with Crippen LogP contribution >= 0.6 is 0 Å². The van der Waals surface area contributed by atoms with Gasteiger partial charge in [-0.3, -0.25) is 4.79 Å². The average Bonchev–Trinajstić information content (AvgIpc) is 2.19. The molecule has 0 fully saturated rings. The molecule has 0 saturated heterocycles. The molecule has 0 amide bonds. The van der Waals surface area contributed by atoms with Gasteiger partial charge in [-0.25, -0.2) is 0 Å². The van der Waals surface area contributed by atoms with E-state index >= 15 is 0 Å². The number of hydrogen-bond donors (Lipinski definition) is 0. The summed E-state index contributed by atoms with van der Waals surface area (Å²) < 4.78 is 5.25. The van der Waals surface area contributed by atoms with Crippen LogP contribution in [-0.4, -0.2) is 18.5 Å². The molecule has 0 spiro atoms. The molecule has 0 aliphatic carbocycles. The molecule has 0 atom stereocenters. The second-order valence-corrected chi connectivity index (χ2v) is 4.06. The molecule has 0 aromatic heterocycles. The largest absolute Gasteiger partial charge is 0.371 e. The van der Waals surface area contributed by atoms with E-state index in [1.165, 1.54) is 5.56 Å². The lowest BCUT2D eigenvalue weighted by molar-refractivity contribution is -0.124. The molecule has 0 N–H and O–H groups in total. The van der Waals surface area contributed by atoms with Crippen LogP contribution in [0.3, 0.4) is 0 Å². The zero-order valence-corrected chi connectivity index (χ0v) is 9.62. The first-order valence-corrected chi connectivity index (χ1v) is 5.27. The third kappa shape index (κ3) is 4.75. The number of benzene rings is 1. The first-order valence-electron chi connectivity index (χ1n) is 5.27. The van der Waals surface area contributed by atoms with Crippen molar-refractivity contribution in [3.05, 3.63) is 35.4 Å². The zero-order valence-electron chi connectivity index (χ0n) is 9.62. The van der Waals surface area contributed by atoms with Crippen molar-refractivity contribution < 1.29 is 9.53 Å². The van der Waals surface area contributed by atoms with Gasteiger partial charge in [-0.15, -0.1) is 0 Å². The Balaban J connectivity index is 2.41. The quantitative estimate of drug-likeness (QED) is 0.740. The van der Waals surface area contributed by atoms with Gasteiger partial charge in [-0.1, -0.05) is 29.8 Å². The third-order valence-electron chi connectivity index (χ3n) is 2.10. The maximum absolute atomic E-state index is 11.5. The van der Waals surface area contributed by atoms with Gasteiger partial charge in [0, 0.05) is 6.42 Å². The van der Waals surface area contributed by atoms with Crippen LogP contribution in [0.1, 0.15) is 25.0 Å². The number of carbonyl (C=O) groups excluding carboxylic acids is 1. The van der Waals surface area contributed by atoms with E-state index in [1.807, 2.05) is 45.0 Å². The van der Waals surface area contributed by atoms with Crippen LogP contribution < -0.4 is 0 Å². The summed E-state index contributed by atoms with van der Waals surface area (Å²) in [6.45, 7) is 6.11. The van der Waals surface area contributed by atoms with Gasteiger partial charge in [0.1, 0.15) is 6.61 Å². The maximum atomic E-state index is 11.5. The SMILES string of the molecule is Cc1ccc(CC(=O)COC(C)C)cc1. The number of carbonyl (C=O) groups is 1. The van der Waals surface area contributed by atoms with E-state index in [9.17, 15) is 4.79 Å². The molecular weight excluding hydrogens is 188 g/mol. The predicted octanol–water partition coefficient (Wildman–Crippen LogP) is 2.53. The highest BCUT2D eigenvalue weighted by molar-refractivity contribution is 5.82. The molecule has 82 valence electrons. The maximum Gasteiger partial charge on any atom is 0.162 e. The predicted molar refractivity (Wildman–Crippen MR) is 61.0 cm³/mol. The summed E-state index contributed by atoms with van der Waals surface area (Å²) in [5.74, 6) is 0.132. The lowest BCUT2D eigenvalue weighted by Crippen LogP contribution is -2.15. The topological polar surface area (TPSA) is 26.3 Å². The first-order chi connectivity index (χ1) is 7.08. The van der Waals surface area contributed by atoms with Crippen molar-refractivity contribution in [1.29, 1.82) is 0 Å². The molecule has 1 rings (SSSR count). The lowest BCUT2D eigenvalue weighted by Gasteiger charge is -2.06. The van der Waals surface area contributed by atoms with Crippen molar-refractivity contribution in [3.8, 4) is 0 Å². The fraction of sp³-hybridized carbons (Fsp3) is 0.462. The van der Waals surface area contributed by atoms with Crippen molar-refractivity contribution >= 4 is 5.78 Å². The van der Waals surface area contributed by atoms with Gasteiger partial charge in [0.2, 0.25) is 0 Å². The van der Waals surface area contributed by atoms with Crippen LogP contribution in [0.5, 0.6) is 0 Å². The molecule has 1 aromatic carbocycles. The molecule has 0 aliphatic heterocycles. The normalized spacial score (nSPS) is 10.7. The highest BCUT2D eigenvalue weighted by Crippen LogP contribution is 2.04. The standard InChI is InChI=1S/C13H18O2/c1-10(2)15-9-13(14)8-12-6-4-11(3)5-7-12/h4-7,10H,8-9H2,1-3H3. The van der Waals surface area contributed by atoms with Crippen LogP contribution in [0.4, 0.5) is 0 Å². The third-order valence-corrected chi connectivity index (χ3v) is 2.10.